The SMILES string of the molecule is CCOC(=O)c1ccc(N/N=C(/C(=O)N2CCOCC2)C(N)=S)cc1. The summed E-state index contributed by atoms with van der Waals surface area (Å²) in [6, 6.07) is 6.48. The van der Waals surface area contributed by atoms with Gasteiger partial charge in [-0.15, -0.1) is 0 Å². The van der Waals surface area contributed by atoms with Crippen molar-refractivity contribution in [2.24, 2.45) is 10.8 Å². The van der Waals surface area contributed by atoms with Crippen LogP contribution >= 0.6 is 12.2 Å². The fourth-order valence-corrected chi connectivity index (χ4v) is 2.27. The molecule has 0 bridgehead atoms. The van der Waals surface area contributed by atoms with Crippen LogP contribution in [0, 0.1) is 0 Å². The Morgan fingerprint density at radius 3 is 2.52 bits per heavy atom. The summed E-state index contributed by atoms with van der Waals surface area (Å²) in [7, 11) is 0. The Morgan fingerprint density at radius 2 is 1.96 bits per heavy atom. The van der Waals surface area contributed by atoms with Crippen molar-refractivity contribution < 1.29 is 19.1 Å². The van der Waals surface area contributed by atoms with Gasteiger partial charge in [0, 0.05) is 13.1 Å². The first-order valence-corrected chi connectivity index (χ1v) is 8.21. The van der Waals surface area contributed by atoms with E-state index in [2.05, 4.69) is 10.5 Å². The average molecular weight is 364 g/mol. The summed E-state index contributed by atoms with van der Waals surface area (Å²) in [5.41, 5.74) is 9.34. The fourth-order valence-electron chi connectivity index (χ4n) is 2.14. The van der Waals surface area contributed by atoms with Crippen LogP contribution in [0.25, 0.3) is 0 Å². The molecule has 1 aliphatic heterocycles. The van der Waals surface area contributed by atoms with Gasteiger partial charge in [-0.25, -0.2) is 4.79 Å². The Labute approximate surface area is 150 Å². The lowest BCUT2D eigenvalue weighted by molar-refractivity contribution is -0.127. The molecule has 0 aliphatic carbocycles. The van der Waals surface area contributed by atoms with Gasteiger partial charge in [0.2, 0.25) is 0 Å². The first kappa shape index (κ1) is 18.8. The summed E-state index contributed by atoms with van der Waals surface area (Å²) in [4.78, 5) is 25.6. The zero-order valence-corrected chi connectivity index (χ0v) is 14.7. The van der Waals surface area contributed by atoms with Crippen LogP contribution in [-0.4, -0.2) is 60.4 Å². The number of nitrogens with two attached hydrogens (primary N) is 1. The normalized spacial score (nSPS) is 14.8. The third-order valence-corrected chi connectivity index (χ3v) is 3.62. The topological polar surface area (TPSA) is 106 Å². The van der Waals surface area contributed by atoms with Crippen LogP contribution in [0.3, 0.4) is 0 Å². The van der Waals surface area contributed by atoms with E-state index >= 15 is 0 Å². The second-order valence-corrected chi connectivity index (χ2v) is 5.58. The quantitative estimate of drug-likeness (QED) is 0.332. The first-order chi connectivity index (χ1) is 12.0. The number of hydrazone groups is 1. The lowest BCUT2D eigenvalue weighted by Gasteiger charge is -2.26. The molecule has 1 saturated heterocycles. The smallest absolute Gasteiger partial charge is 0.338 e. The van der Waals surface area contributed by atoms with E-state index in [1.807, 2.05) is 0 Å². The molecule has 1 aromatic carbocycles. The van der Waals surface area contributed by atoms with Gasteiger partial charge in [-0.05, 0) is 31.2 Å². The summed E-state index contributed by atoms with van der Waals surface area (Å²) in [5.74, 6) is -0.740. The van der Waals surface area contributed by atoms with E-state index in [4.69, 9.17) is 27.4 Å². The number of thiocarbonyl (C=S) groups is 1. The van der Waals surface area contributed by atoms with Crippen molar-refractivity contribution >= 4 is 40.5 Å². The number of amides is 1. The number of esters is 1. The molecule has 25 heavy (non-hydrogen) atoms. The van der Waals surface area contributed by atoms with Crippen LogP contribution in [0.4, 0.5) is 5.69 Å². The van der Waals surface area contributed by atoms with Crippen LogP contribution in [0.1, 0.15) is 17.3 Å². The monoisotopic (exact) mass is 364 g/mol. The van der Waals surface area contributed by atoms with Crippen LogP contribution in [0.2, 0.25) is 0 Å². The predicted molar refractivity (Wildman–Crippen MR) is 97.6 cm³/mol. The number of morpholine rings is 1. The highest BCUT2D eigenvalue weighted by molar-refractivity contribution is 7.82. The van der Waals surface area contributed by atoms with Gasteiger partial charge in [0.15, 0.2) is 5.71 Å². The Kier molecular flexibility index (Phi) is 6.84. The number of hydrogen-bond donors (Lipinski definition) is 2. The molecule has 134 valence electrons. The minimum Gasteiger partial charge on any atom is -0.462 e. The highest BCUT2D eigenvalue weighted by Crippen LogP contribution is 2.11. The number of carbonyl (C=O) groups excluding carboxylic acids is 2. The molecular formula is C16H20N4O4S. The molecule has 0 radical (unpaired) electrons. The number of anilines is 1. The Morgan fingerprint density at radius 1 is 1.32 bits per heavy atom. The van der Waals surface area contributed by atoms with E-state index in [-0.39, 0.29) is 16.6 Å². The lowest BCUT2D eigenvalue weighted by atomic mass is 10.2. The maximum absolute atomic E-state index is 12.4. The van der Waals surface area contributed by atoms with Crippen molar-refractivity contribution in [3.05, 3.63) is 29.8 Å². The molecule has 1 aromatic rings. The molecule has 2 rings (SSSR count). The number of nitrogens with zero attached hydrogens (tertiary/aromatic N) is 2. The van der Waals surface area contributed by atoms with Crippen molar-refractivity contribution in [1.82, 2.24) is 4.90 Å². The summed E-state index contributed by atoms with van der Waals surface area (Å²) in [6.07, 6.45) is 0. The summed E-state index contributed by atoms with van der Waals surface area (Å²) in [5, 5.41) is 4.03. The fraction of sp³-hybridized carbons (Fsp3) is 0.375. The van der Waals surface area contributed by atoms with Gasteiger partial charge in [-0.3, -0.25) is 10.2 Å². The lowest BCUT2D eigenvalue weighted by Crippen LogP contribution is -2.47. The molecule has 1 aliphatic rings. The predicted octanol–water partition coefficient (Wildman–Crippen LogP) is 0.776. The van der Waals surface area contributed by atoms with Gasteiger partial charge in [-0.2, -0.15) is 5.10 Å². The molecule has 0 unspecified atom stereocenters. The van der Waals surface area contributed by atoms with E-state index in [9.17, 15) is 9.59 Å². The molecule has 0 aromatic heterocycles. The Bertz CT molecular complexity index is 669. The van der Waals surface area contributed by atoms with Crippen LogP contribution in [0.15, 0.2) is 29.4 Å². The second kappa shape index (κ2) is 9.09. The van der Waals surface area contributed by atoms with Gasteiger partial charge in [0.05, 0.1) is 31.1 Å². The van der Waals surface area contributed by atoms with Crippen LogP contribution in [-0.2, 0) is 14.3 Å². The summed E-state index contributed by atoms with van der Waals surface area (Å²) < 4.78 is 10.1. The van der Waals surface area contributed by atoms with E-state index in [0.717, 1.165) is 0 Å². The average Bonchev–Trinajstić information content (AvgIpc) is 2.63. The highest BCUT2D eigenvalue weighted by atomic mass is 32.1. The van der Waals surface area contributed by atoms with E-state index < -0.39 is 5.97 Å². The van der Waals surface area contributed by atoms with E-state index in [0.29, 0.717) is 44.2 Å². The van der Waals surface area contributed by atoms with Crippen LogP contribution in [0.5, 0.6) is 0 Å². The number of ether oxygens (including phenoxy) is 2. The minimum absolute atomic E-state index is 0.0219. The summed E-state index contributed by atoms with van der Waals surface area (Å²) >= 11 is 4.93. The molecule has 9 heteroatoms. The summed E-state index contributed by atoms with van der Waals surface area (Å²) in [6.45, 7) is 3.93. The zero-order valence-electron chi connectivity index (χ0n) is 13.9. The van der Waals surface area contributed by atoms with Crippen molar-refractivity contribution in [3.8, 4) is 0 Å². The Hall–Kier alpha value is -2.52. The number of hydrogen-bond acceptors (Lipinski definition) is 7. The van der Waals surface area contributed by atoms with Gasteiger partial charge in [-0.1, -0.05) is 12.2 Å². The number of carbonyl (C=O) groups is 2. The number of nitrogens with one attached hydrogen (secondary N) is 1. The molecule has 0 atom stereocenters. The van der Waals surface area contributed by atoms with Gasteiger partial charge in [0.1, 0.15) is 4.99 Å². The second-order valence-electron chi connectivity index (χ2n) is 5.14. The van der Waals surface area contributed by atoms with Crippen LogP contribution < -0.4 is 11.2 Å². The Balaban J connectivity index is 2.06. The van der Waals surface area contributed by atoms with Gasteiger partial charge < -0.3 is 20.1 Å². The standard InChI is InChI=1S/C16H20N4O4S/c1-2-24-16(22)11-3-5-12(6-4-11)18-19-13(14(17)25)15(21)20-7-9-23-10-8-20/h3-6,18H,2,7-10H2,1H3,(H2,17,25)/b19-13+. The van der Waals surface area contributed by atoms with Crippen molar-refractivity contribution in [3.63, 3.8) is 0 Å². The molecule has 0 saturated carbocycles. The molecule has 1 heterocycles. The maximum Gasteiger partial charge on any atom is 0.338 e. The van der Waals surface area contributed by atoms with E-state index in [1.165, 1.54) is 0 Å². The van der Waals surface area contributed by atoms with Crippen molar-refractivity contribution in [2.45, 2.75) is 6.92 Å². The highest BCUT2D eigenvalue weighted by Gasteiger charge is 2.24. The van der Waals surface area contributed by atoms with Crippen molar-refractivity contribution in [2.75, 3.05) is 38.3 Å². The molecule has 1 amide bonds. The van der Waals surface area contributed by atoms with Gasteiger partial charge in [0.25, 0.3) is 5.91 Å². The third kappa shape index (κ3) is 5.23. The largest absolute Gasteiger partial charge is 0.462 e. The molecule has 3 N–H and O–H groups in total. The van der Waals surface area contributed by atoms with E-state index in [1.54, 1.807) is 36.1 Å². The zero-order chi connectivity index (χ0) is 18.2. The molecule has 8 nitrogen and oxygen atoms in total. The number of benzene rings is 1. The number of rotatable bonds is 6. The molecular weight excluding hydrogens is 344 g/mol. The van der Waals surface area contributed by atoms with Gasteiger partial charge >= 0.3 is 5.97 Å². The van der Waals surface area contributed by atoms with Crippen molar-refractivity contribution in [1.29, 1.82) is 0 Å². The maximum atomic E-state index is 12.4. The molecule has 1 fully saturated rings. The third-order valence-electron chi connectivity index (χ3n) is 3.43. The minimum atomic E-state index is -0.399. The molecule has 0 spiro atoms. The first-order valence-electron chi connectivity index (χ1n) is 7.80.